The molecule has 0 radical (unpaired) electrons. The van der Waals surface area contributed by atoms with Crippen LogP contribution in [0.5, 0.6) is 0 Å². The Kier molecular flexibility index (Phi) is 4.08. The molecule has 1 aromatic rings. The van der Waals surface area contributed by atoms with E-state index in [0.717, 1.165) is 23.9 Å². The maximum Gasteiger partial charge on any atom is 0.202 e. The Hall–Kier alpha value is -0.640. The molecule has 1 heterocycles. The predicted molar refractivity (Wildman–Crippen MR) is 66.6 cm³/mol. The van der Waals surface area contributed by atoms with Crippen LogP contribution < -0.4 is 5.32 Å². The van der Waals surface area contributed by atoms with Gasteiger partial charge in [0.1, 0.15) is 5.82 Å². The van der Waals surface area contributed by atoms with Crippen molar-refractivity contribution in [1.29, 1.82) is 0 Å². The average molecular weight is 227 g/mol. The molecule has 15 heavy (non-hydrogen) atoms. The van der Waals surface area contributed by atoms with Crippen LogP contribution in [0.15, 0.2) is 0 Å². The van der Waals surface area contributed by atoms with E-state index in [-0.39, 0.29) is 0 Å². The van der Waals surface area contributed by atoms with Gasteiger partial charge in [0.2, 0.25) is 5.13 Å². The third kappa shape index (κ3) is 4.60. The van der Waals surface area contributed by atoms with Crippen molar-refractivity contribution in [3.63, 3.8) is 0 Å². The normalized spacial score (nSPS) is 12.1. The van der Waals surface area contributed by atoms with Crippen molar-refractivity contribution in [3.8, 4) is 0 Å². The molecule has 0 saturated carbocycles. The molecule has 86 valence electrons. The fourth-order valence-corrected chi connectivity index (χ4v) is 1.82. The van der Waals surface area contributed by atoms with E-state index in [9.17, 15) is 0 Å². The molecule has 0 aromatic carbocycles. The van der Waals surface area contributed by atoms with Crippen molar-refractivity contribution in [1.82, 2.24) is 9.36 Å². The number of anilines is 1. The first-order valence-corrected chi connectivity index (χ1v) is 6.23. The van der Waals surface area contributed by atoms with Crippen molar-refractivity contribution in [2.24, 2.45) is 5.41 Å². The van der Waals surface area contributed by atoms with E-state index < -0.39 is 0 Å². The molecule has 0 bridgehead atoms. The summed E-state index contributed by atoms with van der Waals surface area (Å²) < 4.78 is 4.30. The van der Waals surface area contributed by atoms with E-state index in [1.54, 1.807) is 0 Å². The molecule has 0 aliphatic carbocycles. The molecule has 0 aliphatic rings. The Balaban J connectivity index is 2.38. The highest BCUT2D eigenvalue weighted by molar-refractivity contribution is 7.09. The molecule has 1 N–H and O–H groups in total. The first-order chi connectivity index (χ1) is 6.88. The Labute approximate surface area is 96.5 Å². The SMILES string of the molecule is CC(C)c1nsc(NCCC(C)(C)C)n1. The largest absolute Gasteiger partial charge is 0.360 e. The van der Waals surface area contributed by atoms with Gasteiger partial charge in [0.25, 0.3) is 0 Å². The van der Waals surface area contributed by atoms with Crippen LogP contribution in [-0.2, 0) is 0 Å². The molecular formula is C11H21N3S. The van der Waals surface area contributed by atoms with Gasteiger partial charge in [0.05, 0.1) is 0 Å². The summed E-state index contributed by atoms with van der Waals surface area (Å²) >= 11 is 1.46. The number of rotatable bonds is 4. The molecule has 0 aliphatic heterocycles. The average Bonchev–Trinajstić information content (AvgIpc) is 2.50. The minimum absolute atomic E-state index is 0.374. The standard InChI is InChI=1S/C11H21N3S/c1-8(2)9-13-10(15-14-9)12-7-6-11(3,4)5/h8H,6-7H2,1-5H3,(H,12,13,14). The topological polar surface area (TPSA) is 37.8 Å². The van der Waals surface area contributed by atoms with E-state index in [4.69, 9.17) is 0 Å². The van der Waals surface area contributed by atoms with E-state index in [1.807, 2.05) is 0 Å². The van der Waals surface area contributed by atoms with Gasteiger partial charge >= 0.3 is 0 Å². The molecule has 1 aromatic heterocycles. The van der Waals surface area contributed by atoms with E-state index in [1.165, 1.54) is 11.5 Å². The highest BCUT2D eigenvalue weighted by Gasteiger charge is 2.11. The van der Waals surface area contributed by atoms with Crippen LogP contribution in [-0.4, -0.2) is 15.9 Å². The van der Waals surface area contributed by atoms with Crippen molar-refractivity contribution < 1.29 is 0 Å². The third-order valence-corrected chi connectivity index (χ3v) is 2.80. The molecule has 3 nitrogen and oxygen atoms in total. The van der Waals surface area contributed by atoms with Crippen LogP contribution in [0.25, 0.3) is 0 Å². The number of hydrogen-bond donors (Lipinski definition) is 1. The Morgan fingerprint density at radius 3 is 2.47 bits per heavy atom. The summed E-state index contributed by atoms with van der Waals surface area (Å²) in [5.74, 6) is 1.36. The molecule has 0 amide bonds. The summed E-state index contributed by atoms with van der Waals surface area (Å²) in [5.41, 5.74) is 0.374. The maximum atomic E-state index is 4.43. The molecule has 1 rings (SSSR count). The van der Waals surface area contributed by atoms with Gasteiger partial charge in [-0.05, 0) is 11.8 Å². The molecule has 0 fully saturated rings. The van der Waals surface area contributed by atoms with Gasteiger partial charge in [0.15, 0.2) is 0 Å². The van der Waals surface area contributed by atoms with Crippen LogP contribution >= 0.6 is 11.5 Å². The highest BCUT2D eigenvalue weighted by Crippen LogP contribution is 2.20. The maximum absolute atomic E-state index is 4.43. The van der Waals surface area contributed by atoms with E-state index in [2.05, 4.69) is 49.3 Å². The smallest absolute Gasteiger partial charge is 0.202 e. The first-order valence-electron chi connectivity index (χ1n) is 5.46. The zero-order valence-corrected chi connectivity index (χ0v) is 11.1. The van der Waals surface area contributed by atoms with E-state index >= 15 is 0 Å². The Morgan fingerprint density at radius 1 is 1.33 bits per heavy atom. The molecule has 0 spiro atoms. The van der Waals surface area contributed by atoms with Gasteiger partial charge in [-0.15, -0.1) is 0 Å². The monoisotopic (exact) mass is 227 g/mol. The second kappa shape index (κ2) is 4.92. The number of nitrogens with one attached hydrogen (secondary N) is 1. The first kappa shape index (κ1) is 12.4. The fourth-order valence-electron chi connectivity index (χ4n) is 1.09. The van der Waals surface area contributed by atoms with Gasteiger partial charge < -0.3 is 5.32 Å². The van der Waals surface area contributed by atoms with Crippen molar-refractivity contribution in [2.45, 2.75) is 47.0 Å². The van der Waals surface area contributed by atoms with Crippen molar-refractivity contribution in [3.05, 3.63) is 5.82 Å². The summed E-state index contributed by atoms with van der Waals surface area (Å²) in [6.45, 7) is 11.9. The minimum atomic E-state index is 0.374. The summed E-state index contributed by atoms with van der Waals surface area (Å²) in [5, 5.41) is 4.27. The fraction of sp³-hybridized carbons (Fsp3) is 0.818. The molecular weight excluding hydrogens is 206 g/mol. The predicted octanol–water partition coefficient (Wildman–Crippen LogP) is 3.51. The quantitative estimate of drug-likeness (QED) is 0.855. The lowest BCUT2D eigenvalue weighted by Crippen LogP contribution is -2.12. The Bertz CT molecular complexity index is 299. The number of hydrogen-bond acceptors (Lipinski definition) is 4. The Morgan fingerprint density at radius 2 is 2.00 bits per heavy atom. The lowest BCUT2D eigenvalue weighted by atomic mass is 9.92. The lowest BCUT2D eigenvalue weighted by molar-refractivity contribution is 0.390. The summed E-state index contributed by atoms with van der Waals surface area (Å²) in [6.07, 6.45) is 1.14. The van der Waals surface area contributed by atoms with Gasteiger partial charge in [-0.3, -0.25) is 0 Å². The summed E-state index contributed by atoms with van der Waals surface area (Å²) in [6, 6.07) is 0. The zero-order valence-electron chi connectivity index (χ0n) is 10.3. The van der Waals surface area contributed by atoms with Crippen LogP contribution in [0, 0.1) is 5.41 Å². The minimum Gasteiger partial charge on any atom is -0.360 e. The molecule has 0 atom stereocenters. The molecule has 0 unspecified atom stereocenters. The second-order valence-corrected chi connectivity index (χ2v) is 6.10. The molecule has 4 heteroatoms. The van der Waals surface area contributed by atoms with Gasteiger partial charge in [-0.2, -0.15) is 4.37 Å². The van der Waals surface area contributed by atoms with Crippen LogP contribution in [0.4, 0.5) is 5.13 Å². The van der Waals surface area contributed by atoms with Crippen LogP contribution in [0.3, 0.4) is 0 Å². The van der Waals surface area contributed by atoms with Crippen LogP contribution in [0.2, 0.25) is 0 Å². The number of aromatic nitrogens is 2. The summed E-state index contributed by atoms with van der Waals surface area (Å²) in [4.78, 5) is 4.43. The van der Waals surface area contributed by atoms with Crippen LogP contribution in [0.1, 0.15) is 52.8 Å². The van der Waals surface area contributed by atoms with E-state index in [0.29, 0.717) is 11.3 Å². The highest BCUT2D eigenvalue weighted by atomic mass is 32.1. The van der Waals surface area contributed by atoms with Crippen molar-refractivity contribution >= 4 is 16.7 Å². The summed E-state index contributed by atoms with van der Waals surface area (Å²) in [7, 11) is 0. The zero-order chi connectivity index (χ0) is 11.5. The lowest BCUT2D eigenvalue weighted by Gasteiger charge is -2.17. The third-order valence-electron chi connectivity index (χ3n) is 2.11. The van der Waals surface area contributed by atoms with Gasteiger partial charge in [-0.1, -0.05) is 34.6 Å². The van der Waals surface area contributed by atoms with Gasteiger partial charge in [0, 0.05) is 24.0 Å². The van der Waals surface area contributed by atoms with Crippen molar-refractivity contribution in [2.75, 3.05) is 11.9 Å². The van der Waals surface area contributed by atoms with Gasteiger partial charge in [-0.25, -0.2) is 4.98 Å². The molecule has 0 saturated heterocycles. The number of nitrogens with zero attached hydrogens (tertiary/aromatic N) is 2. The second-order valence-electron chi connectivity index (χ2n) is 5.35.